The number of nitrogens with zero attached hydrogens (tertiary/aromatic N) is 2. The van der Waals surface area contributed by atoms with Gasteiger partial charge >= 0.3 is 0 Å². The van der Waals surface area contributed by atoms with E-state index in [0.29, 0.717) is 11.3 Å². The third-order valence-electron chi connectivity index (χ3n) is 4.55. The molecule has 1 amide bonds. The second-order valence-corrected chi connectivity index (χ2v) is 7.55. The summed E-state index contributed by atoms with van der Waals surface area (Å²) >= 11 is 0. The molecule has 1 atom stereocenters. The number of carbonyl (C=O) groups is 1. The van der Waals surface area contributed by atoms with Crippen LogP contribution in [0.2, 0.25) is 0 Å². The van der Waals surface area contributed by atoms with Crippen LogP contribution in [-0.2, 0) is 11.3 Å². The molecule has 0 fully saturated rings. The highest BCUT2D eigenvalue weighted by Crippen LogP contribution is 2.33. The van der Waals surface area contributed by atoms with Crippen LogP contribution in [0.4, 0.5) is 5.69 Å². The number of rotatable bonds is 7. The second-order valence-electron chi connectivity index (χ2n) is 7.55. The van der Waals surface area contributed by atoms with Crippen molar-refractivity contribution >= 4 is 17.4 Å². The van der Waals surface area contributed by atoms with Gasteiger partial charge in [0.15, 0.2) is 6.17 Å². The molecule has 2 aromatic rings. The van der Waals surface area contributed by atoms with E-state index < -0.39 is 12.1 Å². The van der Waals surface area contributed by atoms with Crippen LogP contribution in [-0.4, -0.2) is 47.1 Å². The number of carbonyl (C=O) groups excluding carboxylic acids is 1. The van der Waals surface area contributed by atoms with E-state index in [1.807, 2.05) is 45.0 Å². The van der Waals surface area contributed by atoms with Crippen molar-refractivity contribution in [2.45, 2.75) is 32.5 Å². The molecule has 0 spiro atoms. The Morgan fingerprint density at radius 2 is 1.69 bits per heavy atom. The Hall–Kier alpha value is -3.10. The standard InChI is InChI=1S/C21H29N5O3/c1-12(2)15-9-16(18(28)10-17(15)27)19(22)26(20(23)21(24)29)14-7-5-13(6-8-14)11-25(3)4/h5-10,12,20,22,27-28H,11,23H2,1-4H3,(H2,24,29). The molecule has 156 valence electrons. The Balaban J connectivity index is 2.52. The zero-order valence-corrected chi connectivity index (χ0v) is 17.2. The van der Waals surface area contributed by atoms with Gasteiger partial charge in [0.25, 0.3) is 5.91 Å². The van der Waals surface area contributed by atoms with Gasteiger partial charge < -0.3 is 31.5 Å². The number of amides is 1. The van der Waals surface area contributed by atoms with E-state index in [1.165, 1.54) is 17.0 Å². The van der Waals surface area contributed by atoms with E-state index in [0.717, 1.165) is 12.1 Å². The molecule has 0 saturated heterocycles. The zero-order chi connectivity index (χ0) is 21.9. The number of anilines is 1. The number of hydrogen-bond acceptors (Lipinski definition) is 6. The number of phenols is 2. The van der Waals surface area contributed by atoms with Crippen LogP contribution < -0.4 is 16.4 Å². The van der Waals surface area contributed by atoms with Gasteiger partial charge in [-0.15, -0.1) is 0 Å². The summed E-state index contributed by atoms with van der Waals surface area (Å²) in [6, 6.07) is 9.96. The van der Waals surface area contributed by atoms with Crippen molar-refractivity contribution in [3.63, 3.8) is 0 Å². The summed E-state index contributed by atoms with van der Waals surface area (Å²) in [5.74, 6) is -1.40. The van der Waals surface area contributed by atoms with Crippen molar-refractivity contribution in [1.82, 2.24) is 4.90 Å². The Morgan fingerprint density at radius 3 is 2.17 bits per heavy atom. The maximum absolute atomic E-state index is 11.8. The largest absolute Gasteiger partial charge is 0.508 e. The smallest absolute Gasteiger partial charge is 0.255 e. The van der Waals surface area contributed by atoms with Gasteiger partial charge in [0, 0.05) is 18.3 Å². The predicted molar refractivity (Wildman–Crippen MR) is 114 cm³/mol. The summed E-state index contributed by atoms with van der Waals surface area (Å²) in [7, 11) is 3.91. The SMILES string of the molecule is CC(C)c1cc(C(=N)N(c2ccc(CN(C)C)cc2)C(N)C(N)=O)c(O)cc1O. The normalized spacial score (nSPS) is 12.2. The van der Waals surface area contributed by atoms with Crippen molar-refractivity contribution in [2.24, 2.45) is 11.5 Å². The van der Waals surface area contributed by atoms with Gasteiger partial charge in [-0.2, -0.15) is 0 Å². The molecule has 0 aromatic heterocycles. The molecule has 2 rings (SSSR count). The number of amidine groups is 1. The third-order valence-corrected chi connectivity index (χ3v) is 4.55. The average Bonchev–Trinajstić information content (AvgIpc) is 2.62. The predicted octanol–water partition coefficient (Wildman–Crippen LogP) is 1.88. The van der Waals surface area contributed by atoms with Gasteiger partial charge in [-0.1, -0.05) is 26.0 Å². The first-order valence-electron chi connectivity index (χ1n) is 9.25. The summed E-state index contributed by atoms with van der Waals surface area (Å²) in [4.78, 5) is 15.1. The molecule has 0 aliphatic carbocycles. The minimum Gasteiger partial charge on any atom is -0.508 e. The van der Waals surface area contributed by atoms with Crippen molar-refractivity contribution < 1.29 is 15.0 Å². The molecule has 0 saturated carbocycles. The first kappa shape index (κ1) is 22.2. The second kappa shape index (κ2) is 8.93. The molecular weight excluding hydrogens is 370 g/mol. The highest BCUT2D eigenvalue weighted by atomic mass is 16.3. The molecule has 7 N–H and O–H groups in total. The van der Waals surface area contributed by atoms with Crippen LogP contribution >= 0.6 is 0 Å². The van der Waals surface area contributed by atoms with Gasteiger partial charge in [-0.3, -0.25) is 10.2 Å². The highest BCUT2D eigenvalue weighted by molar-refractivity contribution is 6.12. The summed E-state index contributed by atoms with van der Waals surface area (Å²) in [6.45, 7) is 4.50. The number of nitrogens with two attached hydrogens (primary N) is 2. The number of benzene rings is 2. The maximum atomic E-state index is 11.8. The lowest BCUT2D eigenvalue weighted by atomic mass is 9.98. The van der Waals surface area contributed by atoms with Gasteiger partial charge in [0.2, 0.25) is 0 Å². The van der Waals surface area contributed by atoms with Gasteiger partial charge in [0.1, 0.15) is 17.3 Å². The third kappa shape index (κ3) is 5.04. The van der Waals surface area contributed by atoms with E-state index in [4.69, 9.17) is 16.9 Å². The Morgan fingerprint density at radius 1 is 1.10 bits per heavy atom. The quantitative estimate of drug-likeness (QED) is 0.274. The number of primary amides is 1. The van der Waals surface area contributed by atoms with Crippen LogP contribution in [0.3, 0.4) is 0 Å². The van der Waals surface area contributed by atoms with Gasteiger partial charge in [-0.25, -0.2) is 0 Å². The molecule has 0 bridgehead atoms. The van der Waals surface area contributed by atoms with Crippen molar-refractivity contribution in [2.75, 3.05) is 19.0 Å². The Bertz CT molecular complexity index is 894. The number of hydrogen-bond donors (Lipinski definition) is 5. The minimum atomic E-state index is -1.31. The lowest BCUT2D eigenvalue weighted by Crippen LogP contribution is -2.53. The van der Waals surface area contributed by atoms with E-state index >= 15 is 0 Å². The van der Waals surface area contributed by atoms with Crippen LogP contribution in [0.25, 0.3) is 0 Å². The fourth-order valence-corrected chi connectivity index (χ4v) is 3.06. The summed E-state index contributed by atoms with van der Waals surface area (Å²) in [6.07, 6.45) is -1.31. The van der Waals surface area contributed by atoms with E-state index in [2.05, 4.69) is 0 Å². The zero-order valence-electron chi connectivity index (χ0n) is 17.2. The highest BCUT2D eigenvalue weighted by Gasteiger charge is 2.27. The van der Waals surface area contributed by atoms with Crippen molar-refractivity contribution in [3.8, 4) is 11.5 Å². The van der Waals surface area contributed by atoms with Crippen LogP contribution in [0, 0.1) is 5.41 Å². The summed E-state index contributed by atoms with van der Waals surface area (Å²) in [5.41, 5.74) is 13.7. The summed E-state index contributed by atoms with van der Waals surface area (Å²) < 4.78 is 0. The average molecular weight is 399 g/mol. The molecule has 0 aliphatic heterocycles. The van der Waals surface area contributed by atoms with Crippen LogP contribution in [0.15, 0.2) is 36.4 Å². The minimum absolute atomic E-state index is 0.0364. The Labute approximate surface area is 170 Å². The molecule has 2 aromatic carbocycles. The molecule has 0 heterocycles. The van der Waals surface area contributed by atoms with Crippen molar-refractivity contribution in [3.05, 3.63) is 53.1 Å². The van der Waals surface area contributed by atoms with Crippen LogP contribution in [0.1, 0.15) is 36.5 Å². The van der Waals surface area contributed by atoms with E-state index in [-0.39, 0.29) is 28.8 Å². The molecule has 8 heteroatoms. The lowest BCUT2D eigenvalue weighted by Gasteiger charge is -2.30. The number of aromatic hydroxyl groups is 2. The van der Waals surface area contributed by atoms with Crippen molar-refractivity contribution in [1.29, 1.82) is 5.41 Å². The summed E-state index contributed by atoms with van der Waals surface area (Å²) in [5, 5.41) is 29.1. The topological polar surface area (TPSA) is 140 Å². The van der Waals surface area contributed by atoms with Gasteiger partial charge in [0.05, 0.1) is 5.56 Å². The molecule has 8 nitrogen and oxygen atoms in total. The van der Waals surface area contributed by atoms with Crippen LogP contribution in [0.5, 0.6) is 11.5 Å². The molecule has 29 heavy (non-hydrogen) atoms. The van der Waals surface area contributed by atoms with E-state index in [1.54, 1.807) is 12.1 Å². The monoisotopic (exact) mass is 399 g/mol. The Kier molecular flexibility index (Phi) is 6.84. The number of phenolic OH excluding ortho intramolecular Hbond substituents is 2. The van der Waals surface area contributed by atoms with E-state index in [9.17, 15) is 15.0 Å². The maximum Gasteiger partial charge on any atom is 0.255 e. The first-order valence-corrected chi connectivity index (χ1v) is 9.25. The number of nitrogens with one attached hydrogen (secondary N) is 1. The first-order chi connectivity index (χ1) is 13.5. The lowest BCUT2D eigenvalue weighted by molar-refractivity contribution is -0.119. The molecule has 0 aliphatic rings. The molecule has 0 radical (unpaired) electrons. The fourth-order valence-electron chi connectivity index (χ4n) is 3.06. The van der Waals surface area contributed by atoms with Gasteiger partial charge in [-0.05, 0) is 49.3 Å². The molecular formula is C21H29N5O3. The molecule has 1 unspecified atom stereocenters. The fraction of sp³-hybridized carbons (Fsp3) is 0.333.